The number of carbonyl (C=O) groups is 1. The lowest BCUT2D eigenvalue weighted by Gasteiger charge is -2.26. The van der Waals surface area contributed by atoms with Gasteiger partial charge in [0.15, 0.2) is 5.65 Å². The van der Waals surface area contributed by atoms with Crippen LogP contribution in [0.3, 0.4) is 0 Å². The van der Waals surface area contributed by atoms with Gasteiger partial charge in [-0.25, -0.2) is 9.67 Å². The van der Waals surface area contributed by atoms with E-state index < -0.39 is 6.10 Å². The molecule has 0 spiro atoms. The van der Waals surface area contributed by atoms with E-state index in [1.54, 1.807) is 36.3 Å². The number of ether oxygens (including phenoxy) is 1. The van der Waals surface area contributed by atoms with E-state index in [1.807, 2.05) is 18.2 Å². The summed E-state index contributed by atoms with van der Waals surface area (Å²) < 4.78 is 7.40. The Hall–Kier alpha value is -2.77. The van der Waals surface area contributed by atoms with Crippen molar-refractivity contribution < 1.29 is 14.6 Å². The van der Waals surface area contributed by atoms with Gasteiger partial charge in [0, 0.05) is 29.8 Å². The molecule has 4 rings (SSSR count). The number of amides is 1. The molecule has 2 heterocycles. The Morgan fingerprint density at radius 3 is 2.78 bits per heavy atom. The number of rotatable bonds is 6. The molecule has 3 aromatic rings. The Balaban J connectivity index is 1.54. The number of aliphatic hydroxyl groups excluding tert-OH is 1. The second-order valence-corrected chi connectivity index (χ2v) is 6.77. The predicted molar refractivity (Wildman–Crippen MR) is 101 cm³/mol. The van der Waals surface area contributed by atoms with E-state index in [-0.39, 0.29) is 18.6 Å². The first kappa shape index (κ1) is 17.6. The molecule has 1 amide bonds. The minimum atomic E-state index is -0.697. The smallest absolute Gasteiger partial charge is 0.251 e. The maximum Gasteiger partial charge on any atom is 0.251 e. The van der Waals surface area contributed by atoms with Crippen LogP contribution in [0.2, 0.25) is 0 Å². The molecule has 1 aliphatic rings. The standard InChI is InChI=1S/C20H22N4O3/c1-21-20(26)13-5-7-16(8-6-13)24-19-15(11-23-24)9-14(10-22-19)18(25)12-27-17-3-2-4-17/h5-11,17-18,25H,2-4,12H2,1H3,(H,21,26)/t18-/m0/s1. The van der Waals surface area contributed by atoms with Gasteiger partial charge in [0.2, 0.25) is 0 Å². The molecule has 0 unspecified atom stereocenters. The number of hydrogen-bond acceptors (Lipinski definition) is 5. The first-order valence-electron chi connectivity index (χ1n) is 9.11. The van der Waals surface area contributed by atoms with Gasteiger partial charge in [-0.15, -0.1) is 0 Å². The van der Waals surface area contributed by atoms with Crippen molar-refractivity contribution in [2.75, 3.05) is 13.7 Å². The van der Waals surface area contributed by atoms with Crippen molar-refractivity contribution in [2.24, 2.45) is 0 Å². The number of benzene rings is 1. The van der Waals surface area contributed by atoms with Crippen LogP contribution in [0.1, 0.15) is 41.3 Å². The minimum Gasteiger partial charge on any atom is -0.386 e. The Morgan fingerprint density at radius 1 is 1.33 bits per heavy atom. The maximum absolute atomic E-state index is 11.7. The van der Waals surface area contributed by atoms with Crippen molar-refractivity contribution in [2.45, 2.75) is 31.5 Å². The number of aliphatic hydroxyl groups is 1. The lowest BCUT2D eigenvalue weighted by molar-refractivity contribution is -0.0427. The molecule has 0 saturated heterocycles. The van der Waals surface area contributed by atoms with Gasteiger partial charge in [-0.3, -0.25) is 4.79 Å². The fourth-order valence-electron chi connectivity index (χ4n) is 3.07. The van der Waals surface area contributed by atoms with Crippen LogP contribution in [0.4, 0.5) is 0 Å². The minimum absolute atomic E-state index is 0.132. The van der Waals surface area contributed by atoms with Gasteiger partial charge in [-0.2, -0.15) is 5.10 Å². The predicted octanol–water partition coefficient (Wildman–Crippen LogP) is 2.38. The van der Waals surface area contributed by atoms with Gasteiger partial charge in [-0.05, 0) is 49.6 Å². The summed E-state index contributed by atoms with van der Waals surface area (Å²) in [4.78, 5) is 16.1. The van der Waals surface area contributed by atoms with Crippen molar-refractivity contribution in [3.05, 3.63) is 53.9 Å². The molecule has 1 aromatic carbocycles. The summed E-state index contributed by atoms with van der Waals surface area (Å²) in [6, 6.07) is 9.04. The quantitative estimate of drug-likeness (QED) is 0.699. The maximum atomic E-state index is 11.7. The van der Waals surface area contributed by atoms with Crippen molar-refractivity contribution in [1.82, 2.24) is 20.1 Å². The molecule has 0 radical (unpaired) electrons. The van der Waals surface area contributed by atoms with Crippen molar-refractivity contribution in [3.8, 4) is 5.69 Å². The van der Waals surface area contributed by atoms with Gasteiger partial charge in [0.05, 0.1) is 24.6 Å². The van der Waals surface area contributed by atoms with Crippen LogP contribution >= 0.6 is 0 Å². The third-order valence-corrected chi connectivity index (χ3v) is 4.96. The van der Waals surface area contributed by atoms with Gasteiger partial charge in [-0.1, -0.05) is 0 Å². The first-order valence-corrected chi connectivity index (χ1v) is 9.11. The lowest BCUT2D eigenvalue weighted by Crippen LogP contribution is -2.24. The average molecular weight is 366 g/mol. The molecule has 7 nitrogen and oxygen atoms in total. The molecule has 2 aromatic heterocycles. The molecule has 27 heavy (non-hydrogen) atoms. The number of fused-ring (bicyclic) bond motifs is 1. The number of nitrogens with one attached hydrogen (secondary N) is 1. The molecule has 1 fully saturated rings. The summed E-state index contributed by atoms with van der Waals surface area (Å²) in [6.45, 7) is 0.285. The SMILES string of the molecule is CNC(=O)c1ccc(-n2ncc3cc([C@@H](O)COC4CCC4)cnc32)cc1. The molecule has 7 heteroatoms. The topological polar surface area (TPSA) is 89.3 Å². The van der Waals surface area contributed by atoms with Crippen molar-refractivity contribution in [3.63, 3.8) is 0 Å². The number of nitrogens with zero attached hydrogens (tertiary/aromatic N) is 3. The highest BCUT2D eigenvalue weighted by molar-refractivity contribution is 5.94. The van der Waals surface area contributed by atoms with E-state index in [2.05, 4.69) is 15.4 Å². The highest BCUT2D eigenvalue weighted by atomic mass is 16.5. The number of carbonyl (C=O) groups excluding carboxylic acids is 1. The summed E-state index contributed by atoms with van der Waals surface area (Å²) >= 11 is 0. The molecule has 0 aliphatic heterocycles. The van der Waals surface area contributed by atoms with Crippen molar-refractivity contribution in [1.29, 1.82) is 0 Å². The van der Waals surface area contributed by atoms with Gasteiger partial charge in [0.25, 0.3) is 5.91 Å². The zero-order chi connectivity index (χ0) is 18.8. The Morgan fingerprint density at radius 2 is 2.11 bits per heavy atom. The molecular formula is C20H22N4O3. The Kier molecular flexibility index (Phi) is 4.87. The molecule has 1 saturated carbocycles. The van der Waals surface area contributed by atoms with Crippen LogP contribution in [-0.4, -0.2) is 45.5 Å². The van der Waals surface area contributed by atoms with E-state index in [1.165, 1.54) is 6.42 Å². The Labute approximate surface area is 157 Å². The summed E-state index contributed by atoms with van der Waals surface area (Å²) in [5.41, 5.74) is 2.81. The summed E-state index contributed by atoms with van der Waals surface area (Å²) in [6.07, 6.45) is 6.34. The summed E-state index contributed by atoms with van der Waals surface area (Å²) in [5.74, 6) is -0.132. The van der Waals surface area contributed by atoms with Crippen LogP contribution < -0.4 is 5.32 Å². The van der Waals surface area contributed by atoms with Crippen molar-refractivity contribution >= 4 is 16.9 Å². The van der Waals surface area contributed by atoms with Crippen LogP contribution in [0.5, 0.6) is 0 Å². The zero-order valence-corrected chi connectivity index (χ0v) is 15.1. The third-order valence-electron chi connectivity index (χ3n) is 4.96. The first-order chi connectivity index (χ1) is 13.2. The second kappa shape index (κ2) is 7.46. The number of hydrogen-bond donors (Lipinski definition) is 2. The summed E-state index contributed by atoms with van der Waals surface area (Å²) in [7, 11) is 1.60. The summed E-state index contributed by atoms with van der Waals surface area (Å²) in [5, 5.41) is 18.2. The van der Waals surface area contributed by atoms with Crippen LogP contribution in [0, 0.1) is 0 Å². The Bertz CT molecular complexity index is 948. The normalized spacial score (nSPS) is 15.5. The molecule has 0 bridgehead atoms. The van der Waals surface area contributed by atoms with E-state index in [0.29, 0.717) is 11.2 Å². The van der Waals surface area contributed by atoms with Gasteiger partial charge >= 0.3 is 0 Å². The van der Waals surface area contributed by atoms with Crippen LogP contribution in [0.25, 0.3) is 16.7 Å². The highest BCUT2D eigenvalue weighted by Gasteiger charge is 2.20. The lowest BCUT2D eigenvalue weighted by atomic mass is 9.96. The highest BCUT2D eigenvalue weighted by Crippen LogP contribution is 2.25. The van der Waals surface area contributed by atoms with Crippen LogP contribution in [0.15, 0.2) is 42.7 Å². The van der Waals surface area contributed by atoms with E-state index in [4.69, 9.17) is 4.74 Å². The van der Waals surface area contributed by atoms with E-state index in [9.17, 15) is 9.90 Å². The molecular weight excluding hydrogens is 344 g/mol. The molecule has 1 aliphatic carbocycles. The monoisotopic (exact) mass is 366 g/mol. The third kappa shape index (κ3) is 3.56. The zero-order valence-electron chi connectivity index (χ0n) is 15.1. The fourth-order valence-corrected chi connectivity index (χ4v) is 3.07. The average Bonchev–Trinajstić information content (AvgIpc) is 3.09. The van der Waals surface area contributed by atoms with E-state index in [0.717, 1.165) is 29.5 Å². The van der Waals surface area contributed by atoms with E-state index >= 15 is 0 Å². The molecule has 1 atom stereocenters. The molecule has 2 N–H and O–H groups in total. The largest absolute Gasteiger partial charge is 0.386 e. The van der Waals surface area contributed by atoms with Gasteiger partial charge in [0.1, 0.15) is 6.10 Å². The number of pyridine rings is 1. The van der Waals surface area contributed by atoms with Crippen LogP contribution in [-0.2, 0) is 4.74 Å². The second-order valence-electron chi connectivity index (χ2n) is 6.77. The van der Waals surface area contributed by atoms with Gasteiger partial charge < -0.3 is 15.2 Å². The number of aromatic nitrogens is 3. The molecule has 140 valence electrons. The fraction of sp³-hybridized carbons (Fsp3) is 0.350.